The van der Waals surface area contributed by atoms with Gasteiger partial charge in [-0.05, 0) is 97.1 Å². The van der Waals surface area contributed by atoms with E-state index in [1.54, 1.807) is 72.8 Å². The molecule has 0 bridgehead atoms. The predicted octanol–water partition coefficient (Wildman–Crippen LogP) is 8.03. The molecule has 2 heterocycles. The smallest absolute Gasteiger partial charge is 0.265 e. The van der Waals surface area contributed by atoms with E-state index in [1.165, 1.54) is 0 Å². The van der Waals surface area contributed by atoms with Gasteiger partial charge < -0.3 is 9.47 Å². The minimum Gasteiger partial charge on any atom is -0.457 e. The lowest BCUT2D eigenvalue weighted by molar-refractivity contribution is 0.0873. The molecule has 0 N–H and O–H groups in total. The summed E-state index contributed by atoms with van der Waals surface area (Å²) in [5.74, 6) is 0.222. The molecule has 0 atom stereocenters. The van der Waals surface area contributed by atoms with Gasteiger partial charge in [0.25, 0.3) is 23.6 Å². The lowest BCUT2D eigenvalue weighted by Crippen LogP contribution is -2.43. The van der Waals surface area contributed by atoms with Crippen LogP contribution in [0.5, 0.6) is 23.0 Å². The normalized spacial score (nSPS) is 13.7. The van der Waals surface area contributed by atoms with Crippen molar-refractivity contribution in [2.24, 2.45) is 0 Å². The molecule has 0 spiro atoms. The molecule has 46 heavy (non-hydrogen) atoms. The third kappa shape index (κ3) is 4.31. The SMILES string of the molecule is O=C1c2ccc3c4c(ccc(c24)C(=O)N1c1ccc(Oc2ccccc2)cc1)C(=O)N(c1ccc(Oc2ccccc2)cc1)C3=O. The Labute approximate surface area is 262 Å². The summed E-state index contributed by atoms with van der Waals surface area (Å²) in [6.45, 7) is 0. The molecule has 0 aromatic heterocycles. The predicted molar refractivity (Wildman–Crippen MR) is 172 cm³/mol. The highest BCUT2D eigenvalue weighted by molar-refractivity contribution is 6.42. The van der Waals surface area contributed by atoms with Gasteiger partial charge in [-0.1, -0.05) is 36.4 Å². The van der Waals surface area contributed by atoms with Gasteiger partial charge in [-0.15, -0.1) is 0 Å². The number of ether oxygens (including phenoxy) is 2. The van der Waals surface area contributed by atoms with E-state index in [4.69, 9.17) is 9.47 Å². The molecule has 0 saturated carbocycles. The molecular weight excluding hydrogens is 580 g/mol. The minimum absolute atomic E-state index is 0.233. The van der Waals surface area contributed by atoms with Crippen molar-refractivity contribution in [3.63, 3.8) is 0 Å². The summed E-state index contributed by atoms with van der Waals surface area (Å²) in [4.78, 5) is 57.5. The van der Waals surface area contributed by atoms with E-state index >= 15 is 0 Å². The van der Waals surface area contributed by atoms with Crippen molar-refractivity contribution >= 4 is 45.8 Å². The average molecular weight is 603 g/mol. The zero-order valence-electron chi connectivity index (χ0n) is 24.0. The second-order valence-electron chi connectivity index (χ2n) is 10.8. The summed E-state index contributed by atoms with van der Waals surface area (Å²) in [7, 11) is 0. The summed E-state index contributed by atoms with van der Waals surface area (Å²) < 4.78 is 11.7. The van der Waals surface area contributed by atoms with Crippen molar-refractivity contribution in [3.8, 4) is 23.0 Å². The number of imide groups is 2. The van der Waals surface area contributed by atoms with Gasteiger partial charge in [-0.2, -0.15) is 0 Å². The largest absolute Gasteiger partial charge is 0.457 e. The quantitative estimate of drug-likeness (QED) is 0.179. The molecule has 6 aromatic carbocycles. The first-order chi connectivity index (χ1) is 22.5. The van der Waals surface area contributed by atoms with Gasteiger partial charge in [0.2, 0.25) is 0 Å². The van der Waals surface area contributed by atoms with Crippen LogP contribution in [0.15, 0.2) is 133 Å². The summed E-state index contributed by atoms with van der Waals surface area (Å²) in [5, 5.41) is 0.608. The van der Waals surface area contributed by atoms with Crippen molar-refractivity contribution in [2.45, 2.75) is 0 Å². The standard InChI is InChI=1S/C38H22N2O6/c41-35-29-19-21-31-34-32(38(44)40(37(31)43)24-13-17-28(18-14-24)46-26-9-5-2-6-10-26)22-20-30(33(29)34)36(42)39(35)23-11-15-27(16-12-23)45-25-7-3-1-4-8-25/h1-22H. The number of amides is 4. The molecular formula is C38H22N2O6. The fourth-order valence-corrected chi connectivity index (χ4v) is 5.92. The number of hydrogen-bond donors (Lipinski definition) is 0. The molecule has 8 rings (SSSR count). The highest BCUT2D eigenvalue weighted by Gasteiger charge is 2.40. The van der Waals surface area contributed by atoms with Gasteiger partial charge in [-0.25, -0.2) is 9.80 Å². The average Bonchev–Trinajstić information content (AvgIpc) is 3.09. The van der Waals surface area contributed by atoms with Gasteiger partial charge in [-0.3, -0.25) is 19.2 Å². The Morgan fingerprint density at radius 2 is 0.609 bits per heavy atom. The van der Waals surface area contributed by atoms with E-state index < -0.39 is 23.6 Å². The lowest BCUT2D eigenvalue weighted by atomic mass is 9.85. The van der Waals surface area contributed by atoms with Crippen molar-refractivity contribution in [3.05, 3.63) is 156 Å². The fourth-order valence-electron chi connectivity index (χ4n) is 5.92. The first-order valence-corrected chi connectivity index (χ1v) is 14.5. The Hall–Kier alpha value is -6.54. The first kappa shape index (κ1) is 27.0. The Bertz CT molecular complexity index is 1980. The maximum Gasteiger partial charge on any atom is 0.265 e. The summed E-state index contributed by atoms with van der Waals surface area (Å²) in [5.41, 5.74) is 1.67. The van der Waals surface area contributed by atoms with E-state index in [9.17, 15) is 19.2 Å². The molecule has 0 aliphatic carbocycles. The first-order valence-electron chi connectivity index (χ1n) is 14.5. The summed E-state index contributed by atoms with van der Waals surface area (Å²) in [6, 6.07) is 38.0. The van der Waals surface area contributed by atoms with E-state index in [0.29, 0.717) is 45.1 Å². The van der Waals surface area contributed by atoms with Crippen molar-refractivity contribution in [1.82, 2.24) is 0 Å². The van der Waals surface area contributed by atoms with Gasteiger partial charge in [0.1, 0.15) is 23.0 Å². The van der Waals surface area contributed by atoms with Crippen LogP contribution in [-0.4, -0.2) is 23.6 Å². The number of carbonyl (C=O) groups is 4. The molecule has 4 amide bonds. The Balaban J connectivity index is 1.11. The Morgan fingerprint density at radius 3 is 0.913 bits per heavy atom. The van der Waals surface area contributed by atoms with Gasteiger partial charge >= 0.3 is 0 Å². The van der Waals surface area contributed by atoms with Crippen LogP contribution in [0.3, 0.4) is 0 Å². The maximum absolute atomic E-state index is 13.8. The van der Waals surface area contributed by atoms with Crippen LogP contribution in [0.2, 0.25) is 0 Å². The second kappa shape index (κ2) is 10.6. The van der Waals surface area contributed by atoms with E-state index in [2.05, 4.69) is 0 Å². The van der Waals surface area contributed by atoms with Crippen LogP contribution in [0, 0.1) is 0 Å². The zero-order chi connectivity index (χ0) is 31.4. The Morgan fingerprint density at radius 1 is 0.326 bits per heavy atom. The topological polar surface area (TPSA) is 93.2 Å². The molecule has 6 aromatic rings. The number of nitrogens with zero attached hydrogens (tertiary/aromatic N) is 2. The summed E-state index contributed by atoms with van der Waals surface area (Å²) in [6.07, 6.45) is 0. The van der Waals surface area contributed by atoms with Gasteiger partial charge in [0.15, 0.2) is 0 Å². The number of para-hydroxylation sites is 2. The van der Waals surface area contributed by atoms with Crippen molar-refractivity contribution < 1.29 is 28.7 Å². The third-order valence-electron chi connectivity index (χ3n) is 8.04. The molecule has 2 aliphatic heterocycles. The molecule has 0 fully saturated rings. The van der Waals surface area contributed by atoms with Gasteiger partial charge in [0.05, 0.1) is 11.4 Å². The van der Waals surface area contributed by atoms with Crippen molar-refractivity contribution in [2.75, 3.05) is 9.80 Å². The van der Waals surface area contributed by atoms with Crippen LogP contribution >= 0.6 is 0 Å². The minimum atomic E-state index is -0.547. The molecule has 8 nitrogen and oxygen atoms in total. The zero-order valence-corrected chi connectivity index (χ0v) is 24.0. The van der Waals surface area contributed by atoms with Crippen LogP contribution < -0.4 is 19.3 Å². The van der Waals surface area contributed by atoms with E-state index in [1.807, 2.05) is 60.7 Å². The molecule has 8 heteroatoms. The number of carbonyl (C=O) groups excluding carboxylic acids is 4. The second-order valence-corrected chi connectivity index (χ2v) is 10.8. The van der Waals surface area contributed by atoms with Crippen molar-refractivity contribution in [1.29, 1.82) is 0 Å². The Kier molecular flexibility index (Phi) is 6.21. The van der Waals surface area contributed by atoms with Gasteiger partial charge in [0, 0.05) is 33.0 Å². The fraction of sp³-hybridized carbons (Fsp3) is 0. The van der Waals surface area contributed by atoms with Crippen LogP contribution in [0.1, 0.15) is 41.4 Å². The number of benzene rings is 6. The van der Waals surface area contributed by atoms with Crippen LogP contribution in [0.25, 0.3) is 10.8 Å². The van der Waals surface area contributed by atoms with Crippen LogP contribution in [-0.2, 0) is 0 Å². The van der Waals surface area contributed by atoms with E-state index in [0.717, 1.165) is 9.80 Å². The molecule has 0 radical (unpaired) electrons. The maximum atomic E-state index is 13.8. The summed E-state index contributed by atoms with van der Waals surface area (Å²) >= 11 is 0. The number of anilines is 2. The highest BCUT2D eigenvalue weighted by Crippen LogP contribution is 2.40. The highest BCUT2D eigenvalue weighted by atomic mass is 16.5. The number of rotatable bonds is 6. The van der Waals surface area contributed by atoms with Crippen LogP contribution in [0.4, 0.5) is 11.4 Å². The third-order valence-corrected chi connectivity index (χ3v) is 8.04. The molecule has 220 valence electrons. The monoisotopic (exact) mass is 602 g/mol. The van der Waals surface area contributed by atoms with E-state index in [-0.39, 0.29) is 22.3 Å². The lowest BCUT2D eigenvalue weighted by Gasteiger charge is -2.32. The number of hydrogen-bond acceptors (Lipinski definition) is 6. The molecule has 2 aliphatic rings. The molecule has 0 saturated heterocycles. The molecule has 0 unspecified atom stereocenters.